The van der Waals surface area contributed by atoms with E-state index in [4.69, 9.17) is 0 Å². The van der Waals surface area contributed by atoms with Gasteiger partial charge in [-0.3, -0.25) is 0 Å². The first-order chi connectivity index (χ1) is 7.25. The number of hydrogen-bond acceptors (Lipinski definition) is 1. The van der Waals surface area contributed by atoms with Gasteiger partial charge in [0, 0.05) is 24.6 Å². The maximum Gasteiger partial charge on any atom is 0.0385 e. The zero-order valence-electron chi connectivity index (χ0n) is 8.25. The first-order valence-corrected chi connectivity index (χ1v) is 6.44. The highest BCUT2D eigenvalue weighted by Gasteiger charge is 2.06. The van der Waals surface area contributed by atoms with Crippen molar-refractivity contribution in [1.29, 1.82) is 0 Å². The van der Waals surface area contributed by atoms with Gasteiger partial charge in [-0.2, -0.15) is 0 Å². The third kappa shape index (κ3) is 1.40. The second-order valence-electron chi connectivity index (χ2n) is 3.70. The molecule has 0 fully saturated rings. The Bertz CT molecular complexity index is 652. The van der Waals surface area contributed by atoms with Crippen LogP contribution >= 0.6 is 27.3 Å². The number of thiophene rings is 1. The van der Waals surface area contributed by atoms with Gasteiger partial charge >= 0.3 is 0 Å². The van der Waals surface area contributed by atoms with Gasteiger partial charge in [0.25, 0.3) is 0 Å². The van der Waals surface area contributed by atoms with Crippen molar-refractivity contribution >= 4 is 47.4 Å². The zero-order chi connectivity index (χ0) is 10.4. The molecule has 0 unspecified atom stereocenters. The van der Waals surface area contributed by atoms with Crippen LogP contribution in [0, 0.1) is 6.92 Å². The minimum Gasteiger partial charge on any atom is -0.135 e. The number of rotatable bonds is 0. The molecule has 74 valence electrons. The largest absolute Gasteiger partial charge is 0.135 e. The van der Waals surface area contributed by atoms with Crippen LogP contribution in [0.2, 0.25) is 0 Å². The molecule has 0 saturated carbocycles. The van der Waals surface area contributed by atoms with Gasteiger partial charge in [0.15, 0.2) is 0 Å². The molecule has 3 rings (SSSR count). The van der Waals surface area contributed by atoms with E-state index in [1.54, 1.807) is 0 Å². The van der Waals surface area contributed by atoms with E-state index in [0.717, 1.165) is 4.47 Å². The first-order valence-electron chi connectivity index (χ1n) is 4.83. The molecule has 0 bridgehead atoms. The van der Waals surface area contributed by atoms with Gasteiger partial charge < -0.3 is 0 Å². The summed E-state index contributed by atoms with van der Waals surface area (Å²) in [7, 11) is 0. The van der Waals surface area contributed by atoms with E-state index >= 15 is 0 Å². The SMILES string of the molecule is Cc1cc(Br)cc2c1sc1ccccc12. The third-order valence-corrected chi connectivity index (χ3v) is 4.41. The highest BCUT2D eigenvalue weighted by Crippen LogP contribution is 2.37. The Hall–Kier alpha value is -0.860. The minimum absolute atomic E-state index is 1.16. The molecule has 0 saturated heterocycles. The van der Waals surface area contributed by atoms with Gasteiger partial charge in [0.2, 0.25) is 0 Å². The normalized spacial score (nSPS) is 11.3. The summed E-state index contributed by atoms with van der Waals surface area (Å²) in [5.74, 6) is 0. The van der Waals surface area contributed by atoms with Gasteiger partial charge in [0.1, 0.15) is 0 Å². The molecule has 0 aliphatic rings. The number of aryl methyl sites for hydroxylation is 1. The molecule has 0 radical (unpaired) electrons. The molecule has 3 aromatic rings. The van der Waals surface area contributed by atoms with E-state index in [-0.39, 0.29) is 0 Å². The second-order valence-corrected chi connectivity index (χ2v) is 5.67. The van der Waals surface area contributed by atoms with Gasteiger partial charge in [-0.1, -0.05) is 34.1 Å². The van der Waals surface area contributed by atoms with Crippen molar-refractivity contribution in [3.63, 3.8) is 0 Å². The van der Waals surface area contributed by atoms with Crippen LogP contribution in [-0.4, -0.2) is 0 Å². The average molecular weight is 277 g/mol. The van der Waals surface area contributed by atoms with Gasteiger partial charge in [-0.05, 0) is 30.7 Å². The van der Waals surface area contributed by atoms with E-state index in [9.17, 15) is 0 Å². The third-order valence-electron chi connectivity index (χ3n) is 2.63. The lowest BCUT2D eigenvalue weighted by Crippen LogP contribution is -1.73. The topological polar surface area (TPSA) is 0 Å². The molecule has 1 heterocycles. The van der Waals surface area contributed by atoms with Crippen molar-refractivity contribution in [2.75, 3.05) is 0 Å². The van der Waals surface area contributed by atoms with E-state index in [2.05, 4.69) is 59.3 Å². The molecule has 2 heteroatoms. The van der Waals surface area contributed by atoms with Gasteiger partial charge in [-0.25, -0.2) is 0 Å². The van der Waals surface area contributed by atoms with Crippen LogP contribution in [0.1, 0.15) is 5.56 Å². The van der Waals surface area contributed by atoms with Crippen molar-refractivity contribution in [2.24, 2.45) is 0 Å². The van der Waals surface area contributed by atoms with E-state index in [1.165, 1.54) is 25.7 Å². The van der Waals surface area contributed by atoms with Crippen LogP contribution in [0.3, 0.4) is 0 Å². The lowest BCUT2D eigenvalue weighted by molar-refractivity contribution is 1.54. The van der Waals surface area contributed by atoms with Crippen molar-refractivity contribution in [2.45, 2.75) is 6.92 Å². The summed E-state index contributed by atoms with van der Waals surface area (Å²) < 4.78 is 3.93. The van der Waals surface area contributed by atoms with Crippen molar-refractivity contribution in [1.82, 2.24) is 0 Å². The minimum atomic E-state index is 1.16. The van der Waals surface area contributed by atoms with Crippen molar-refractivity contribution < 1.29 is 0 Å². The zero-order valence-corrected chi connectivity index (χ0v) is 10.7. The Kier molecular flexibility index (Phi) is 2.08. The van der Waals surface area contributed by atoms with Crippen LogP contribution in [0.25, 0.3) is 20.2 Å². The van der Waals surface area contributed by atoms with Gasteiger partial charge in [-0.15, -0.1) is 11.3 Å². The summed E-state index contributed by atoms with van der Waals surface area (Å²) in [4.78, 5) is 0. The Morgan fingerprint density at radius 3 is 2.73 bits per heavy atom. The summed E-state index contributed by atoms with van der Waals surface area (Å²) >= 11 is 5.43. The highest BCUT2D eigenvalue weighted by molar-refractivity contribution is 9.10. The molecule has 0 aliphatic heterocycles. The lowest BCUT2D eigenvalue weighted by Gasteiger charge is -1.97. The van der Waals surface area contributed by atoms with Crippen LogP contribution in [0.5, 0.6) is 0 Å². The molecule has 2 aromatic carbocycles. The molecule has 15 heavy (non-hydrogen) atoms. The Labute approximate surface area is 101 Å². The monoisotopic (exact) mass is 276 g/mol. The molecule has 0 amide bonds. The fourth-order valence-corrected chi connectivity index (χ4v) is 3.68. The predicted octanol–water partition coefficient (Wildman–Crippen LogP) is 5.13. The van der Waals surface area contributed by atoms with E-state index < -0.39 is 0 Å². The number of benzene rings is 2. The second kappa shape index (κ2) is 3.32. The molecule has 0 atom stereocenters. The Balaban J connectivity index is 2.61. The number of hydrogen-bond donors (Lipinski definition) is 0. The van der Waals surface area contributed by atoms with Crippen LogP contribution in [0.15, 0.2) is 40.9 Å². The van der Waals surface area contributed by atoms with Crippen LogP contribution in [0.4, 0.5) is 0 Å². The standard InChI is InChI=1S/C13H9BrS/c1-8-6-9(14)7-11-10-4-2-3-5-12(10)15-13(8)11/h2-7H,1H3. The lowest BCUT2D eigenvalue weighted by atomic mass is 10.1. The Morgan fingerprint density at radius 2 is 1.87 bits per heavy atom. The smallest absolute Gasteiger partial charge is 0.0385 e. The predicted molar refractivity (Wildman–Crippen MR) is 71.8 cm³/mol. The van der Waals surface area contributed by atoms with Crippen LogP contribution < -0.4 is 0 Å². The van der Waals surface area contributed by atoms with Crippen molar-refractivity contribution in [3.05, 3.63) is 46.4 Å². The van der Waals surface area contributed by atoms with E-state index in [1.807, 2.05) is 11.3 Å². The average Bonchev–Trinajstić information content (AvgIpc) is 2.57. The van der Waals surface area contributed by atoms with Crippen LogP contribution in [-0.2, 0) is 0 Å². The highest BCUT2D eigenvalue weighted by atomic mass is 79.9. The molecule has 0 nitrogen and oxygen atoms in total. The number of fused-ring (bicyclic) bond motifs is 3. The number of halogens is 1. The summed E-state index contributed by atoms with van der Waals surface area (Å²) in [6, 6.07) is 13.0. The maximum atomic E-state index is 3.56. The maximum absolute atomic E-state index is 3.56. The molecule has 0 N–H and O–H groups in total. The first kappa shape index (κ1) is 9.37. The van der Waals surface area contributed by atoms with Gasteiger partial charge in [0.05, 0.1) is 0 Å². The van der Waals surface area contributed by atoms with Crippen molar-refractivity contribution in [3.8, 4) is 0 Å². The summed E-state index contributed by atoms with van der Waals surface area (Å²) in [5.41, 5.74) is 1.35. The quantitative estimate of drug-likeness (QED) is 0.534. The van der Waals surface area contributed by atoms with E-state index in [0.29, 0.717) is 0 Å². The molecular weight excluding hydrogens is 268 g/mol. The molecule has 0 aliphatic carbocycles. The summed E-state index contributed by atoms with van der Waals surface area (Å²) in [6.07, 6.45) is 0. The summed E-state index contributed by atoms with van der Waals surface area (Å²) in [5, 5.41) is 2.73. The molecular formula is C13H9BrS. The summed E-state index contributed by atoms with van der Waals surface area (Å²) in [6.45, 7) is 2.17. The molecule has 1 aromatic heterocycles. The fourth-order valence-electron chi connectivity index (χ4n) is 1.95. The Morgan fingerprint density at radius 1 is 1.07 bits per heavy atom. The fraction of sp³-hybridized carbons (Fsp3) is 0.0769. The molecule has 0 spiro atoms.